The largest absolute Gasteiger partial charge is 0.508 e. The summed E-state index contributed by atoms with van der Waals surface area (Å²) >= 11 is 0. The van der Waals surface area contributed by atoms with Crippen LogP contribution in [0.4, 0.5) is 0 Å². The number of likely N-dealkylation sites (tertiary alicyclic amines) is 1. The summed E-state index contributed by atoms with van der Waals surface area (Å²) in [6, 6.07) is 9.00. The lowest BCUT2D eigenvalue weighted by molar-refractivity contribution is 0.173. The summed E-state index contributed by atoms with van der Waals surface area (Å²) in [5, 5.41) is 12.8. The molecule has 1 aromatic carbocycles. The Morgan fingerprint density at radius 2 is 2.05 bits per heavy atom. The molecule has 2 heterocycles. The fourth-order valence-corrected chi connectivity index (χ4v) is 3.99. The summed E-state index contributed by atoms with van der Waals surface area (Å²) in [4.78, 5) is 2.70. The number of benzene rings is 1. The van der Waals surface area contributed by atoms with Crippen LogP contribution >= 0.6 is 0 Å². The zero-order valence-electron chi connectivity index (χ0n) is 12.5. The van der Waals surface area contributed by atoms with Crippen LogP contribution in [0.5, 0.6) is 5.75 Å². The molecule has 0 aliphatic carbocycles. The fraction of sp³-hybridized carbons (Fsp3) is 0.647. The first kappa shape index (κ1) is 13.9. The quantitative estimate of drug-likeness (QED) is 0.884. The third kappa shape index (κ3) is 2.70. The molecule has 1 aromatic rings. The fourth-order valence-electron chi connectivity index (χ4n) is 3.99. The van der Waals surface area contributed by atoms with Gasteiger partial charge in [0.15, 0.2) is 0 Å². The van der Waals surface area contributed by atoms with Crippen LogP contribution in [-0.4, -0.2) is 41.7 Å². The van der Waals surface area contributed by atoms with Gasteiger partial charge in [-0.3, -0.25) is 4.90 Å². The lowest BCUT2D eigenvalue weighted by Crippen LogP contribution is -2.39. The number of phenolic OH excluding ortho intramolecular Hbond substituents is 1. The summed E-state index contributed by atoms with van der Waals surface area (Å²) in [7, 11) is 0. The van der Waals surface area contributed by atoms with Crippen LogP contribution in [-0.2, 0) is 6.42 Å². The zero-order valence-corrected chi connectivity index (χ0v) is 12.5. The minimum Gasteiger partial charge on any atom is -0.508 e. The molecular formula is C17H26N2O. The van der Waals surface area contributed by atoms with E-state index >= 15 is 0 Å². The molecule has 0 saturated carbocycles. The van der Waals surface area contributed by atoms with Gasteiger partial charge < -0.3 is 10.4 Å². The summed E-state index contributed by atoms with van der Waals surface area (Å²) in [5.74, 6) is 2.07. The van der Waals surface area contributed by atoms with Gasteiger partial charge in [-0.05, 0) is 69.3 Å². The molecule has 2 N–H and O–H groups in total. The Bertz CT molecular complexity index is 445. The number of rotatable bonds is 4. The van der Waals surface area contributed by atoms with Crippen molar-refractivity contribution in [3.05, 3.63) is 29.8 Å². The standard InChI is InChI=1S/C17H26N2O/c1-12(3-4-14-5-7-16(20)8-6-14)19-11-15-9-18-10-17(15)13(19)2/h5-8,12-13,15,17-18,20H,3-4,9-11H2,1-2H3. The predicted octanol–water partition coefficient (Wildman–Crippen LogP) is 2.25. The Morgan fingerprint density at radius 1 is 1.30 bits per heavy atom. The lowest BCUT2D eigenvalue weighted by atomic mass is 9.95. The van der Waals surface area contributed by atoms with E-state index in [2.05, 4.69) is 24.1 Å². The van der Waals surface area contributed by atoms with E-state index in [-0.39, 0.29) is 0 Å². The molecule has 110 valence electrons. The van der Waals surface area contributed by atoms with Gasteiger partial charge in [-0.2, -0.15) is 0 Å². The van der Waals surface area contributed by atoms with Crippen LogP contribution in [0.15, 0.2) is 24.3 Å². The SMILES string of the molecule is CC(CCc1ccc(O)cc1)N1CC2CNCC2C1C. The topological polar surface area (TPSA) is 35.5 Å². The Balaban J connectivity index is 1.54. The summed E-state index contributed by atoms with van der Waals surface area (Å²) < 4.78 is 0. The lowest BCUT2D eigenvalue weighted by Gasteiger charge is -2.30. The number of nitrogens with zero attached hydrogens (tertiary/aromatic N) is 1. The van der Waals surface area contributed by atoms with Crippen LogP contribution in [0, 0.1) is 11.8 Å². The summed E-state index contributed by atoms with van der Waals surface area (Å²) in [5.41, 5.74) is 1.32. The highest BCUT2D eigenvalue weighted by Gasteiger charge is 2.42. The van der Waals surface area contributed by atoms with Crippen LogP contribution in [0.2, 0.25) is 0 Å². The van der Waals surface area contributed by atoms with Gasteiger partial charge in [0.05, 0.1) is 0 Å². The van der Waals surface area contributed by atoms with Gasteiger partial charge in [-0.15, -0.1) is 0 Å². The van der Waals surface area contributed by atoms with Crippen molar-refractivity contribution in [2.45, 2.75) is 38.8 Å². The maximum atomic E-state index is 9.32. The Kier molecular flexibility index (Phi) is 3.99. The van der Waals surface area contributed by atoms with Gasteiger partial charge in [-0.25, -0.2) is 0 Å². The van der Waals surface area contributed by atoms with Crippen molar-refractivity contribution >= 4 is 0 Å². The second kappa shape index (κ2) is 5.74. The first-order valence-electron chi connectivity index (χ1n) is 7.89. The van der Waals surface area contributed by atoms with E-state index in [1.807, 2.05) is 12.1 Å². The molecular weight excluding hydrogens is 248 g/mol. The van der Waals surface area contributed by atoms with Crippen molar-refractivity contribution in [3.63, 3.8) is 0 Å². The van der Waals surface area contributed by atoms with Gasteiger partial charge >= 0.3 is 0 Å². The van der Waals surface area contributed by atoms with Crippen molar-refractivity contribution < 1.29 is 5.11 Å². The number of nitrogens with one attached hydrogen (secondary N) is 1. The van der Waals surface area contributed by atoms with E-state index < -0.39 is 0 Å². The minimum absolute atomic E-state index is 0.357. The van der Waals surface area contributed by atoms with Gasteiger partial charge in [0.2, 0.25) is 0 Å². The van der Waals surface area contributed by atoms with Crippen LogP contribution in [0.3, 0.4) is 0 Å². The van der Waals surface area contributed by atoms with Crippen molar-refractivity contribution in [1.82, 2.24) is 10.2 Å². The molecule has 2 aliphatic heterocycles. The van der Waals surface area contributed by atoms with Crippen LogP contribution in [0.25, 0.3) is 0 Å². The van der Waals surface area contributed by atoms with Crippen LogP contribution < -0.4 is 5.32 Å². The normalized spacial score (nSPS) is 31.4. The number of hydrogen-bond acceptors (Lipinski definition) is 3. The highest BCUT2D eigenvalue weighted by Crippen LogP contribution is 2.34. The zero-order chi connectivity index (χ0) is 14.1. The van der Waals surface area contributed by atoms with Gasteiger partial charge in [0.1, 0.15) is 5.75 Å². The third-order valence-electron chi connectivity index (χ3n) is 5.33. The molecule has 0 bridgehead atoms. The molecule has 0 radical (unpaired) electrons. The molecule has 4 unspecified atom stereocenters. The first-order chi connectivity index (χ1) is 9.65. The highest BCUT2D eigenvalue weighted by molar-refractivity contribution is 5.25. The molecule has 3 heteroatoms. The number of aromatic hydroxyl groups is 1. The smallest absolute Gasteiger partial charge is 0.115 e. The van der Waals surface area contributed by atoms with Gasteiger partial charge in [0.25, 0.3) is 0 Å². The molecule has 0 aromatic heterocycles. The first-order valence-corrected chi connectivity index (χ1v) is 7.89. The van der Waals surface area contributed by atoms with Crippen molar-refractivity contribution in [2.75, 3.05) is 19.6 Å². The summed E-state index contributed by atoms with van der Waals surface area (Å²) in [6.45, 7) is 8.43. The van der Waals surface area contributed by atoms with E-state index in [9.17, 15) is 5.11 Å². The monoisotopic (exact) mass is 274 g/mol. The number of hydrogen-bond donors (Lipinski definition) is 2. The predicted molar refractivity (Wildman–Crippen MR) is 81.9 cm³/mol. The third-order valence-corrected chi connectivity index (χ3v) is 5.33. The van der Waals surface area contributed by atoms with Gasteiger partial charge in [-0.1, -0.05) is 12.1 Å². The molecule has 3 nitrogen and oxygen atoms in total. The van der Waals surface area contributed by atoms with Crippen LogP contribution in [0.1, 0.15) is 25.8 Å². The Labute approximate surface area is 122 Å². The number of aryl methyl sites for hydroxylation is 1. The average Bonchev–Trinajstić information content (AvgIpc) is 3.01. The molecule has 2 saturated heterocycles. The summed E-state index contributed by atoms with van der Waals surface area (Å²) in [6.07, 6.45) is 2.29. The maximum absolute atomic E-state index is 9.32. The molecule has 2 fully saturated rings. The van der Waals surface area contributed by atoms with Crippen molar-refractivity contribution in [2.24, 2.45) is 11.8 Å². The van der Waals surface area contributed by atoms with E-state index in [4.69, 9.17) is 0 Å². The molecule has 2 aliphatic rings. The van der Waals surface area contributed by atoms with E-state index in [1.54, 1.807) is 12.1 Å². The highest BCUT2D eigenvalue weighted by atomic mass is 16.3. The van der Waals surface area contributed by atoms with E-state index in [1.165, 1.54) is 31.6 Å². The maximum Gasteiger partial charge on any atom is 0.115 e. The molecule has 0 amide bonds. The molecule has 3 rings (SSSR count). The Morgan fingerprint density at radius 3 is 2.75 bits per heavy atom. The van der Waals surface area contributed by atoms with Crippen molar-refractivity contribution in [3.8, 4) is 5.75 Å². The molecule has 20 heavy (non-hydrogen) atoms. The van der Waals surface area contributed by atoms with Crippen molar-refractivity contribution in [1.29, 1.82) is 0 Å². The molecule has 4 atom stereocenters. The minimum atomic E-state index is 0.357. The van der Waals surface area contributed by atoms with Gasteiger partial charge in [0, 0.05) is 18.6 Å². The average molecular weight is 274 g/mol. The second-order valence-corrected chi connectivity index (χ2v) is 6.57. The number of phenols is 1. The Hall–Kier alpha value is -1.06. The van der Waals surface area contributed by atoms with E-state index in [0.717, 1.165) is 18.3 Å². The molecule has 0 spiro atoms. The van der Waals surface area contributed by atoms with E-state index in [0.29, 0.717) is 17.8 Å². The number of fused-ring (bicyclic) bond motifs is 1. The second-order valence-electron chi connectivity index (χ2n) is 6.57.